The maximum Gasteiger partial charge on any atom is 0.165 e. The quantitative estimate of drug-likeness (QED) is 0.587. The highest BCUT2D eigenvalue weighted by molar-refractivity contribution is 6.04. The number of benzene rings is 1. The molecule has 0 N–H and O–H groups in total. The van der Waals surface area contributed by atoms with E-state index in [0.29, 0.717) is 0 Å². The van der Waals surface area contributed by atoms with Crippen molar-refractivity contribution in [3.05, 3.63) is 41.5 Å². The lowest BCUT2D eigenvalue weighted by Gasteiger charge is -2.27. The molecule has 1 aliphatic carbocycles. The average molecular weight is 172 g/mol. The molecule has 0 bridgehead atoms. The van der Waals surface area contributed by atoms with Crippen LogP contribution in [0.3, 0.4) is 0 Å². The van der Waals surface area contributed by atoms with Gasteiger partial charge >= 0.3 is 0 Å². The van der Waals surface area contributed by atoms with Crippen LogP contribution in [-0.2, 0) is 10.2 Å². The van der Waals surface area contributed by atoms with Gasteiger partial charge in [-0.3, -0.25) is 4.79 Å². The van der Waals surface area contributed by atoms with Gasteiger partial charge in [-0.25, -0.2) is 0 Å². The summed E-state index contributed by atoms with van der Waals surface area (Å²) in [5.41, 5.74) is 1.93. The summed E-state index contributed by atoms with van der Waals surface area (Å²) < 4.78 is 0. The van der Waals surface area contributed by atoms with E-state index in [1.165, 1.54) is 0 Å². The minimum Gasteiger partial charge on any atom is -0.294 e. The largest absolute Gasteiger partial charge is 0.294 e. The number of ketones is 1. The van der Waals surface area contributed by atoms with Gasteiger partial charge < -0.3 is 0 Å². The number of allylic oxidation sites excluding steroid dienone is 1. The summed E-state index contributed by atoms with van der Waals surface area (Å²) in [6.07, 6.45) is 3.56. The Balaban J connectivity index is 2.68. The Hall–Kier alpha value is -1.37. The molecule has 0 radical (unpaired) electrons. The summed E-state index contributed by atoms with van der Waals surface area (Å²) in [5.74, 6) is 0.186. The molecule has 0 saturated carbocycles. The number of rotatable bonds is 0. The van der Waals surface area contributed by atoms with E-state index in [4.69, 9.17) is 0 Å². The Morgan fingerprint density at radius 2 is 1.77 bits per heavy atom. The fourth-order valence-electron chi connectivity index (χ4n) is 1.72. The van der Waals surface area contributed by atoms with E-state index in [1.807, 2.05) is 44.2 Å². The predicted molar refractivity (Wildman–Crippen MR) is 53.5 cm³/mol. The summed E-state index contributed by atoms with van der Waals surface area (Å²) in [6, 6.07) is 8.04. The molecule has 2 rings (SSSR count). The van der Waals surface area contributed by atoms with Crippen molar-refractivity contribution in [2.45, 2.75) is 19.3 Å². The summed E-state index contributed by atoms with van der Waals surface area (Å²) >= 11 is 0. The Labute approximate surface area is 78.1 Å². The zero-order valence-corrected chi connectivity index (χ0v) is 7.87. The molecule has 1 nitrogen and oxygen atoms in total. The highest BCUT2D eigenvalue weighted by Gasteiger charge is 2.31. The number of carbonyl (C=O) groups is 1. The molecule has 0 aromatic heterocycles. The monoisotopic (exact) mass is 172 g/mol. The van der Waals surface area contributed by atoms with Gasteiger partial charge in [0, 0.05) is 0 Å². The van der Waals surface area contributed by atoms with Crippen molar-refractivity contribution in [2.75, 3.05) is 0 Å². The first kappa shape index (κ1) is 8.24. The molecule has 0 unspecified atom stereocenters. The second kappa shape index (κ2) is 2.56. The molecule has 1 aromatic carbocycles. The summed E-state index contributed by atoms with van der Waals surface area (Å²) in [5, 5.41) is 0. The van der Waals surface area contributed by atoms with E-state index in [1.54, 1.807) is 6.08 Å². The molecule has 0 spiro atoms. The highest BCUT2D eigenvalue weighted by atomic mass is 16.1. The molecule has 0 amide bonds. The van der Waals surface area contributed by atoms with Crippen LogP contribution in [0.1, 0.15) is 25.0 Å². The van der Waals surface area contributed by atoms with E-state index in [9.17, 15) is 4.79 Å². The van der Waals surface area contributed by atoms with Crippen molar-refractivity contribution in [2.24, 2.45) is 0 Å². The Morgan fingerprint density at radius 3 is 2.54 bits per heavy atom. The van der Waals surface area contributed by atoms with Crippen LogP contribution in [0.2, 0.25) is 0 Å². The van der Waals surface area contributed by atoms with Crippen LogP contribution >= 0.6 is 0 Å². The zero-order valence-electron chi connectivity index (χ0n) is 7.87. The van der Waals surface area contributed by atoms with E-state index >= 15 is 0 Å². The summed E-state index contributed by atoms with van der Waals surface area (Å²) in [7, 11) is 0. The SMILES string of the molecule is CC1(C)C(=O)C=Cc2ccccc21. The van der Waals surface area contributed by atoms with Gasteiger partial charge in [-0.1, -0.05) is 30.3 Å². The molecular weight excluding hydrogens is 160 g/mol. The van der Waals surface area contributed by atoms with Crippen LogP contribution < -0.4 is 0 Å². The fourth-order valence-corrected chi connectivity index (χ4v) is 1.72. The number of hydrogen-bond donors (Lipinski definition) is 0. The van der Waals surface area contributed by atoms with Crippen LogP contribution in [-0.4, -0.2) is 5.78 Å². The van der Waals surface area contributed by atoms with Gasteiger partial charge in [-0.2, -0.15) is 0 Å². The smallest absolute Gasteiger partial charge is 0.165 e. The van der Waals surface area contributed by atoms with Crippen molar-refractivity contribution >= 4 is 11.9 Å². The van der Waals surface area contributed by atoms with Gasteiger partial charge in [0.05, 0.1) is 5.41 Å². The van der Waals surface area contributed by atoms with E-state index in [-0.39, 0.29) is 11.2 Å². The maximum atomic E-state index is 11.6. The lowest BCUT2D eigenvalue weighted by atomic mass is 9.75. The van der Waals surface area contributed by atoms with Crippen molar-refractivity contribution in [3.63, 3.8) is 0 Å². The maximum absolute atomic E-state index is 11.6. The van der Waals surface area contributed by atoms with Crippen molar-refractivity contribution in [1.29, 1.82) is 0 Å². The Morgan fingerprint density at radius 1 is 1.08 bits per heavy atom. The highest BCUT2D eigenvalue weighted by Crippen LogP contribution is 2.32. The van der Waals surface area contributed by atoms with Crippen LogP contribution in [0, 0.1) is 0 Å². The number of hydrogen-bond acceptors (Lipinski definition) is 1. The topological polar surface area (TPSA) is 17.1 Å². The standard InChI is InChI=1S/C12H12O/c1-12(2)10-6-4-3-5-9(10)7-8-11(12)13/h3-8H,1-2H3. The third-order valence-electron chi connectivity index (χ3n) is 2.66. The molecule has 13 heavy (non-hydrogen) atoms. The normalized spacial score (nSPS) is 18.5. The van der Waals surface area contributed by atoms with Gasteiger partial charge in [0.25, 0.3) is 0 Å². The molecule has 66 valence electrons. The van der Waals surface area contributed by atoms with Crippen LogP contribution in [0.5, 0.6) is 0 Å². The molecule has 0 fully saturated rings. The Kier molecular flexibility index (Phi) is 1.62. The minimum atomic E-state index is -0.356. The van der Waals surface area contributed by atoms with Gasteiger partial charge in [0.1, 0.15) is 0 Å². The summed E-state index contributed by atoms with van der Waals surface area (Å²) in [6.45, 7) is 3.94. The average Bonchev–Trinajstić information content (AvgIpc) is 2.13. The molecule has 0 atom stereocenters. The van der Waals surface area contributed by atoms with Crippen LogP contribution in [0.15, 0.2) is 30.3 Å². The first-order valence-corrected chi connectivity index (χ1v) is 4.44. The Bertz CT molecular complexity index is 386. The predicted octanol–water partition coefficient (Wildman–Crippen LogP) is 2.56. The third kappa shape index (κ3) is 1.12. The minimum absolute atomic E-state index is 0.186. The van der Waals surface area contributed by atoms with Gasteiger partial charge in [0.15, 0.2) is 5.78 Å². The van der Waals surface area contributed by atoms with Gasteiger partial charge in [-0.15, -0.1) is 0 Å². The lowest BCUT2D eigenvalue weighted by Crippen LogP contribution is -2.30. The first-order valence-electron chi connectivity index (χ1n) is 4.44. The van der Waals surface area contributed by atoms with Crippen LogP contribution in [0.25, 0.3) is 6.08 Å². The molecule has 1 aliphatic rings. The van der Waals surface area contributed by atoms with E-state index in [2.05, 4.69) is 0 Å². The number of carbonyl (C=O) groups excluding carboxylic acids is 1. The van der Waals surface area contributed by atoms with Gasteiger partial charge in [0.2, 0.25) is 0 Å². The lowest BCUT2D eigenvalue weighted by molar-refractivity contribution is -0.118. The molecule has 1 heteroatoms. The van der Waals surface area contributed by atoms with Gasteiger partial charge in [-0.05, 0) is 31.1 Å². The molecular formula is C12H12O. The van der Waals surface area contributed by atoms with Crippen LogP contribution in [0.4, 0.5) is 0 Å². The molecule has 0 aliphatic heterocycles. The zero-order chi connectivity index (χ0) is 9.47. The fraction of sp³-hybridized carbons (Fsp3) is 0.250. The molecule has 0 heterocycles. The molecule has 0 saturated heterocycles. The first-order chi connectivity index (χ1) is 6.12. The van der Waals surface area contributed by atoms with E-state index in [0.717, 1.165) is 11.1 Å². The number of fused-ring (bicyclic) bond motifs is 1. The van der Waals surface area contributed by atoms with Crippen molar-refractivity contribution in [1.82, 2.24) is 0 Å². The molecule has 1 aromatic rings. The van der Waals surface area contributed by atoms with E-state index < -0.39 is 0 Å². The second-order valence-corrected chi connectivity index (χ2v) is 3.91. The van der Waals surface area contributed by atoms with Crippen molar-refractivity contribution in [3.8, 4) is 0 Å². The third-order valence-corrected chi connectivity index (χ3v) is 2.66. The second-order valence-electron chi connectivity index (χ2n) is 3.91. The van der Waals surface area contributed by atoms with Crippen molar-refractivity contribution < 1.29 is 4.79 Å². The summed E-state index contributed by atoms with van der Waals surface area (Å²) in [4.78, 5) is 11.6.